The zero-order valence-electron chi connectivity index (χ0n) is 27.0. The topological polar surface area (TPSA) is 82.5 Å². The molecule has 1 atom stereocenters. The first-order valence-electron chi connectivity index (χ1n) is 15.7. The van der Waals surface area contributed by atoms with Crippen LogP contribution in [0.1, 0.15) is 55.1 Å². The number of alkyl carbamates (subject to hydrolysis) is 1. The van der Waals surface area contributed by atoms with Gasteiger partial charge in [0.15, 0.2) is 0 Å². The van der Waals surface area contributed by atoms with Crippen molar-refractivity contribution >= 4 is 23.8 Å². The van der Waals surface area contributed by atoms with E-state index in [4.69, 9.17) is 14.5 Å². The molecule has 47 heavy (non-hydrogen) atoms. The van der Waals surface area contributed by atoms with E-state index >= 15 is 0 Å². The van der Waals surface area contributed by atoms with Gasteiger partial charge in [-0.3, -0.25) is 0 Å². The van der Waals surface area contributed by atoms with Crippen LogP contribution in [0.4, 0.5) is 4.79 Å². The summed E-state index contributed by atoms with van der Waals surface area (Å²) in [5.74, 6) is 0.732. The van der Waals surface area contributed by atoms with Crippen molar-refractivity contribution in [3.8, 4) is 0 Å². The average Bonchev–Trinajstić information content (AvgIpc) is 3.56. The van der Waals surface area contributed by atoms with E-state index in [0.29, 0.717) is 17.9 Å². The second-order valence-electron chi connectivity index (χ2n) is 12.2. The molecule has 1 heterocycles. The lowest BCUT2D eigenvalue weighted by Crippen LogP contribution is -2.44. The average molecular weight is 648 g/mol. The van der Waals surface area contributed by atoms with E-state index in [-0.39, 0.29) is 6.61 Å². The SMILES string of the molecule is CC(C)(C)OC(=O)[C@H](CCSCc1cn(C(c2ccccc2)(c2ccccc2)c2ccccc2)cn1)NC(=O)OCc1ccccc1. The minimum atomic E-state index is -0.843. The molecule has 5 rings (SSSR count). The van der Waals surface area contributed by atoms with Crippen molar-refractivity contribution in [3.63, 3.8) is 0 Å². The lowest BCUT2D eigenvalue weighted by atomic mass is 9.77. The van der Waals surface area contributed by atoms with Crippen LogP contribution in [-0.2, 0) is 32.2 Å². The van der Waals surface area contributed by atoms with Crippen molar-refractivity contribution in [2.45, 2.75) is 56.7 Å². The van der Waals surface area contributed by atoms with Crippen LogP contribution in [0.25, 0.3) is 0 Å². The highest BCUT2D eigenvalue weighted by Crippen LogP contribution is 2.40. The summed E-state index contributed by atoms with van der Waals surface area (Å²) in [5, 5.41) is 2.72. The van der Waals surface area contributed by atoms with E-state index in [0.717, 1.165) is 27.9 Å². The Kier molecular flexibility index (Phi) is 11.2. The van der Waals surface area contributed by atoms with Gasteiger partial charge in [0.1, 0.15) is 23.8 Å². The maximum absolute atomic E-state index is 13.0. The zero-order valence-corrected chi connectivity index (χ0v) is 27.9. The number of ether oxygens (including phenoxy) is 2. The van der Waals surface area contributed by atoms with Gasteiger partial charge in [-0.25, -0.2) is 14.6 Å². The smallest absolute Gasteiger partial charge is 0.408 e. The monoisotopic (exact) mass is 647 g/mol. The van der Waals surface area contributed by atoms with Gasteiger partial charge in [-0.1, -0.05) is 121 Å². The van der Waals surface area contributed by atoms with Crippen LogP contribution in [0.5, 0.6) is 0 Å². The van der Waals surface area contributed by atoms with Crippen LogP contribution in [0.3, 0.4) is 0 Å². The number of hydrogen-bond donors (Lipinski definition) is 1. The molecule has 8 heteroatoms. The summed E-state index contributed by atoms with van der Waals surface area (Å²) in [4.78, 5) is 30.5. The molecule has 0 fully saturated rings. The minimum Gasteiger partial charge on any atom is -0.458 e. The maximum Gasteiger partial charge on any atom is 0.408 e. The second kappa shape index (κ2) is 15.6. The number of esters is 1. The molecule has 0 aliphatic carbocycles. The third-order valence-electron chi connectivity index (χ3n) is 7.59. The summed E-state index contributed by atoms with van der Waals surface area (Å²) in [6, 6.07) is 40.0. The lowest BCUT2D eigenvalue weighted by molar-refractivity contribution is -0.157. The van der Waals surface area contributed by atoms with Gasteiger partial charge in [0.2, 0.25) is 0 Å². The zero-order chi connectivity index (χ0) is 33.1. The molecule has 0 aliphatic heterocycles. The van der Waals surface area contributed by atoms with Crippen molar-refractivity contribution in [3.05, 3.63) is 162 Å². The van der Waals surface area contributed by atoms with E-state index in [2.05, 4.69) is 88.9 Å². The molecule has 7 nitrogen and oxygen atoms in total. The molecule has 0 bridgehead atoms. The summed E-state index contributed by atoms with van der Waals surface area (Å²) in [6.45, 7) is 5.53. The Morgan fingerprint density at radius 3 is 1.81 bits per heavy atom. The summed E-state index contributed by atoms with van der Waals surface area (Å²) in [5.41, 5.74) is 3.82. The Bertz CT molecular complexity index is 1610. The molecule has 1 aromatic heterocycles. The standard InChI is InChI=1S/C39H41N3O4S/c1-38(2,3)46-36(43)35(41-37(44)45-27-30-16-8-4-9-17-30)24-25-47-28-34-26-42(29-40-34)39(31-18-10-5-11-19-31,32-20-12-6-13-21-32)33-22-14-7-15-23-33/h4-23,26,29,35H,24-25,27-28H2,1-3H3,(H,41,44)/t35-/m0/s1. The fourth-order valence-corrected chi connectivity index (χ4v) is 6.42. The maximum atomic E-state index is 13.0. The molecule has 0 aliphatic rings. The number of carbonyl (C=O) groups is 2. The molecule has 0 spiro atoms. The van der Waals surface area contributed by atoms with E-state index < -0.39 is 29.2 Å². The Hall–Kier alpha value is -4.82. The molecular formula is C39H41N3O4S. The molecule has 0 saturated heterocycles. The van der Waals surface area contributed by atoms with E-state index in [1.54, 1.807) is 32.5 Å². The summed E-state index contributed by atoms with van der Waals surface area (Å²) in [7, 11) is 0. The number of thioether (sulfide) groups is 1. The van der Waals surface area contributed by atoms with Crippen LogP contribution in [0.2, 0.25) is 0 Å². The summed E-state index contributed by atoms with van der Waals surface area (Å²) >= 11 is 1.64. The van der Waals surface area contributed by atoms with Gasteiger partial charge in [-0.2, -0.15) is 11.8 Å². The van der Waals surface area contributed by atoms with Gasteiger partial charge in [-0.15, -0.1) is 0 Å². The highest BCUT2D eigenvalue weighted by molar-refractivity contribution is 7.98. The number of nitrogens with one attached hydrogen (secondary N) is 1. The number of amides is 1. The van der Waals surface area contributed by atoms with Gasteiger partial charge in [0.25, 0.3) is 0 Å². The normalized spacial score (nSPS) is 12.2. The Morgan fingerprint density at radius 1 is 0.787 bits per heavy atom. The molecule has 1 amide bonds. The van der Waals surface area contributed by atoms with E-state index in [9.17, 15) is 9.59 Å². The Morgan fingerprint density at radius 2 is 1.30 bits per heavy atom. The minimum absolute atomic E-state index is 0.113. The van der Waals surface area contributed by atoms with Crippen molar-refractivity contribution < 1.29 is 19.1 Å². The van der Waals surface area contributed by atoms with Gasteiger partial charge in [0, 0.05) is 11.9 Å². The van der Waals surface area contributed by atoms with Crippen LogP contribution in [0, 0.1) is 0 Å². The van der Waals surface area contributed by atoms with Crippen molar-refractivity contribution in [2.75, 3.05) is 5.75 Å². The molecule has 242 valence electrons. The number of benzene rings is 4. The van der Waals surface area contributed by atoms with Gasteiger partial charge < -0.3 is 19.4 Å². The second-order valence-corrected chi connectivity index (χ2v) is 13.3. The number of imidazole rings is 1. The van der Waals surface area contributed by atoms with Crippen LogP contribution in [0.15, 0.2) is 134 Å². The molecule has 4 aromatic carbocycles. The third-order valence-corrected chi connectivity index (χ3v) is 8.62. The number of carbonyl (C=O) groups excluding carboxylic acids is 2. The third kappa shape index (κ3) is 8.71. The van der Waals surface area contributed by atoms with Crippen molar-refractivity contribution in [2.24, 2.45) is 0 Å². The first-order valence-corrected chi connectivity index (χ1v) is 16.9. The molecule has 5 aromatic rings. The molecule has 0 saturated carbocycles. The highest BCUT2D eigenvalue weighted by atomic mass is 32.2. The Labute approximate surface area is 281 Å². The first kappa shape index (κ1) is 33.5. The lowest BCUT2D eigenvalue weighted by Gasteiger charge is -2.37. The largest absolute Gasteiger partial charge is 0.458 e. The molecular weight excluding hydrogens is 607 g/mol. The number of rotatable bonds is 13. The van der Waals surface area contributed by atoms with Crippen LogP contribution in [-0.4, -0.2) is 39.0 Å². The number of nitrogens with zero attached hydrogens (tertiary/aromatic N) is 2. The fraction of sp³-hybridized carbons (Fsp3) is 0.256. The Balaban J connectivity index is 1.30. The van der Waals surface area contributed by atoms with Crippen LogP contribution >= 0.6 is 11.8 Å². The van der Waals surface area contributed by atoms with Crippen molar-refractivity contribution in [1.82, 2.24) is 14.9 Å². The van der Waals surface area contributed by atoms with Gasteiger partial charge in [0.05, 0.1) is 12.0 Å². The van der Waals surface area contributed by atoms with Gasteiger partial charge in [-0.05, 0) is 55.2 Å². The van der Waals surface area contributed by atoms with E-state index in [1.807, 2.05) is 54.9 Å². The van der Waals surface area contributed by atoms with Crippen LogP contribution < -0.4 is 5.32 Å². The number of aromatic nitrogens is 2. The summed E-state index contributed by atoms with van der Waals surface area (Å²) in [6.07, 6.45) is 3.72. The predicted molar refractivity (Wildman–Crippen MR) is 187 cm³/mol. The number of hydrogen-bond acceptors (Lipinski definition) is 6. The molecule has 0 unspecified atom stereocenters. The molecule has 1 N–H and O–H groups in total. The quantitative estimate of drug-likeness (QED) is 0.0793. The predicted octanol–water partition coefficient (Wildman–Crippen LogP) is 7.98. The van der Waals surface area contributed by atoms with Gasteiger partial charge >= 0.3 is 12.1 Å². The highest BCUT2D eigenvalue weighted by Gasteiger charge is 2.38. The fourth-order valence-electron chi connectivity index (χ4n) is 5.51. The molecule has 0 radical (unpaired) electrons. The van der Waals surface area contributed by atoms with Crippen molar-refractivity contribution in [1.29, 1.82) is 0 Å². The van der Waals surface area contributed by atoms with E-state index in [1.165, 1.54) is 0 Å². The summed E-state index contributed by atoms with van der Waals surface area (Å²) < 4.78 is 13.2. The first-order chi connectivity index (χ1) is 22.8.